The number of para-hydroxylation sites is 1. The van der Waals surface area contributed by atoms with Crippen LogP contribution in [0.1, 0.15) is 18.3 Å². The molecule has 4 nitrogen and oxygen atoms in total. The molecule has 1 unspecified atom stereocenters. The van der Waals surface area contributed by atoms with Crippen LogP contribution in [0.15, 0.2) is 58.7 Å². The molecule has 6 heteroatoms. The van der Waals surface area contributed by atoms with E-state index in [9.17, 15) is 4.79 Å². The van der Waals surface area contributed by atoms with Crippen molar-refractivity contribution < 1.29 is 0 Å². The summed E-state index contributed by atoms with van der Waals surface area (Å²) in [5.41, 5.74) is 4.35. The minimum absolute atomic E-state index is 0.0914. The monoisotopic (exact) mass is 407 g/mol. The molecule has 0 amide bonds. The van der Waals surface area contributed by atoms with Crippen molar-refractivity contribution in [2.24, 2.45) is 0 Å². The number of fused-ring (bicyclic) bond motifs is 2. The van der Waals surface area contributed by atoms with Crippen molar-refractivity contribution in [2.75, 3.05) is 4.90 Å². The lowest BCUT2D eigenvalue weighted by Crippen LogP contribution is -2.30. The summed E-state index contributed by atoms with van der Waals surface area (Å²) in [6.07, 6.45) is 1.02. The van der Waals surface area contributed by atoms with Crippen molar-refractivity contribution in [3.05, 3.63) is 80.7 Å². The van der Waals surface area contributed by atoms with Crippen molar-refractivity contribution in [3.63, 3.8) is 0 Å². The Kier molecular flexibility index (Phi) is 4.22. The first-order valence-electron chi connectivity index (χ1n) is 9.21. The van der Waals surface area contributed by atoms with Crippen LogP contribution in [0.4, 0.5) is 5.69 Å². The predicted molar refractivity (Wildman–Crippen MR) is 116 cm³/mol. The van der Waals surface area contributed by atoms with Crippen LogP contribution < -0.4 is 10.5 Å². The van der Waals surface area contributed by atoms with Crippen LogP contribution in [0.5, 0.6) is 0 Å². The molecule has 28 heavy (non-hydrogen) atoms. The van der Waals surface area contributed by atoms with Gasteiger partial charge in [0.1, 0.15) is 10.7 Å². The van der Waals surface area contributed by atoms with E-state index in [0.717, 1.165) is 22.4 Å². The number of halogens is 1. The van der Waals surface area contributed by atoms with Gasteiger partial charge in [0.15, 0.2) is 0 Å². The molecule has 0 radical (unpaired) electrons. The number of anilines is 1. The number of hydrogen-bond donors (Lipinski definition) is 1. The zero-order chi connectivity index (χ0) is 19.3. The number of H-pyrrole nitrogens is 1. The Hall–Kier alpha value is -2.63. The number of benzene rings is 2. The Balaban J connectivity index is 1.53. The highest BCUT2D eigenvalue weighted by molar-refractivity contribution is 7.17. The topological polar surface area (TPSA) is 49.0 Å². The molecule has 1 aliphatic rings. The standard InChI is InChI=1S/C22H18ClN3OS/c1-13-10-15-4-2-3-5-18(15)26(13)11-19-24-21(27)20-17(12-28-22(20)25-19)14-6-8-16(23)9-7-14/h2-9,12-13H,10-11H2,1H3,(H,24,25,27). The van der Waals surface area contributed by atoms with Crippen LogP contribution in [0.25, 0.3) is 21.3 Å². The number of rotatable bonds is 3. The lowest BCUT2D eigenvalue weighted by molar-refractivity contribution is 0.655. The van der Waals surface area contributed by atoms with Gasteiger partial charge in [0.25, 0.3) is 5.56 Å². The van der Waals surface area contributed by atoms with Gasteiger partial charge in [-0.1, -0.05) is 41.9 Å². The molecular weight excluding hydrogens is 390 g/mol. The van der Waals surface area contributed by atoms with E-state index in [-0.39, 0.29) is 5.56 Å². The summed E-state index contributed by atoms with van der Waals surface area (Å²) in [5.74, 6) is 0.700. The van der Waals surface area contributed by atoms with E-state index in [4.69, 9.17) is 16.6 Å². The summed E-state index contributed by atoms with van der Waals surface area (Å²) in [7, 11) is 0. The zero-order valence-electron chi connectivity index (χ0n) is 15.3. The molecule has 3 heterocycles. The van der Waals surface area contributed by atoms with Gasteiger partial charge in [0.05, 0.1) is 11.9 Å². The van der Waals surface area contributed by atoms with E-state index >= 15 is 0 Å². The van der Waals surface area contributed by atoms with Crippen LogP contribution in [0.3, 0.4) is 0 Å². The van der Waals surface area contributed by atoms with Crippen molar-refractivity contribution in [1.82, 2.24) is 9.97 Å². The van der Waals surface area contributed by atoms with Crippen molar-refractivity contribution >= 4 is 38.8 Å². The van der Waals surface area contributed by atoms with Gasteiger partial charge in [-0.2, -0.15) is 0 Å². The lowest BCUT2D eigenvalue weighted by Gasteiger charge is -2.24. The molecule has 1 atom stereocenters. The molecule has 0 bridgehead atoms. The first-order chi connectivity index (χ1) is 13.6. The third kappa shape index (κ3) is 2.91. The largest absolute Gasteiger partial charge is 0.361 e. The van der Waals surface area contributed by atoms with Crippen LogP contribution in [0, 0.1) is 0 Å². The van der Waals surface area contributed by atoms with E-state index in [0.29, 0.717) is 28.8 Å². The molecule has 0 saturated heterocycles. The second-order valence-electron chi connectivity index (χ2n) is 7.16. The lowest BCUT2D eigenvalue weighted by atomic mass is 10.1. The van der Waals surface area contributed by atoms with Gasteiger partial charge in [-0.25, -0.2) is 4.98 Å². The molecular formula is C22H18ClN3OS. The molecule has 0 aliphatic carbocycles. The van der Waals surface area contributed by atoms with Gasteiger partial charge < -0.3 is 9.88 Å². The van der Waals surface area contributed by atoms with Gasteiger partial charge in [-0.15, -0.1) is 11.3 Å². The maximum atomic E-state index is 12.9. The van der Waals surface area contributed by atoms with Crippen molar-refractivity contribution in [3.8, 4) is 11.1 Å². The SMILES string of the molecule is CC1Cc2ccccc2N1Cc1nc2scc(-c3ccc(Cl)cc3)c2c(=O)[nH]1. The third-order valence-corrected chi connectivity index (χ3v) is 6.44. The third-order valence-electron chi connectivity index (χ3n) is 5.32. The first-order valence-corrected chi connectivity index (χ1v) is 10.5. The average molecular weight is 408 g/mol. The Morgan fingerprint density at radius 3 is 2.82 bits per heavy atom. The quantitative estimate of drug-likeness (QED) is 0.504. The minimum atomic E-state index is -0.0914. The van der Waals surface area contributed by atoms with Crippen LogP contribution in [-0.4, -0.2) is 16.0 Å². The predicted octanol–water partition coefficient (Wildman–Crippen LogP) is 5.26. The second kappa shape index (κ2) is 6.76. The molecule has 5 rings (SSSR count). The fourth-order valence-corrected chi connectivity index (χ4v) is 5.03. The Labute approximate surface area is 171 Å². The molecule has 140 valence electrons. The highest BCUT2D eigenvalue weighted by Crippen LogP contribution is 2.34. The summed E-state index contributed by atoms with van der Waals surface area (Å²) in [6, 6.07) is 16.4. The van der Waals surface area contributed by atoms with Crippen molar-refractivity contribution in [1.29, 1.82) is 0 Å². The molecule has 0 spiro atoms. The number of nitrogens with one attached hydrogen (secondary N) is 1. The summed E-state index contributed by atoms with van der Waals surface area (Å²) >= 11 is 7.49. The molecule has 2 aromatic carbocycles. The van der Waals surface area contributed by atoms with Crippen LogP contribution in [-0.2, 0) is 13.0 Å². The van der Waals surface area contributed by atoms with Gasteiger partial charge in [-0.3, -0.25) is 4.79 Å². The van der Waals surface area contributed by atoms with E-state index in [2.05, 4.69) is 41.1 Å². The summed E-state index contributed by atoms with van der Waals surface area (Å²) in [4.78, 5) is 23.7. The number of aromatic amines is 1. The normalized spacial score (nSPS) is 15.9. The summed E-state index contributed by atoms with van der Waals surface area (Å²) in [5, 5.41) is 3.32. The number of hydrogen-bond acceptors (Lipinski definition) is 4. The van der Waals surface area contributed by atoms with Crippen molar-refractivity contribution in [2.45, 2.75) is 25.9 Å². The molecule has 1 N–H and O–H groups in total. The molecule has 2 aromatic heterocycles. The molecule has 4 aromatic rings. The van der Waals surface area contributed by atoms with E-state index in [1.807, 2.05) is 29.6 Å². The van der Waals surface area contributed by atoms with E-state index in [1.165, 1.54) is 22.6 Å². The zero-order valence-corrected chi connectivity index (χ0v) is 16.8. The summed E-state index contributed by atoms with van der Waals surface area (Å²) in [6.45, 7) is 2.80. The highest BCUT2D eigenvalue weighted by atomic mass is 35.5. The summed E-state index contributed by atoms with van der Waals surface area (Å²) < 4.78 is 0. The second-order valence-corrected chi connectivity index (χ2v) is 8.45. The minimum Gasteiger partial charge on any atom is -0.361 e. The highest BCUT2D eigenvalue weighted by Gasteiger charge is 2.26. The van der Waals surface area contributed by atoms with Gasteiger partial charge >= 0.3 is 0 Å². The maximum absolute atomic E-state index is 12.9. The smallest absolute Gasteiger partial charge is 0.260 e. The molecule has 1 aliphatic heterocycles. The maximum Gasteiger partial charge on any atom is 0.260 e. The molecule has 0 saturated carbocycles. The van der Waals surface area contributed by atoms with Crippen LogP contribution >= 0.6 is 22.9 Å². The van der Waals surface area contributed by atoms with E-state index < -0.39 is 0 Å². The van der Waals surface area contributed by atoms with Gasteiger partial charge in [0, 0.05) is 27.7 Å². The Morgan fingerprint density at radius 2 is 2.00 bits per heavy atom. The Morgan fingerprint density at radius 1 is 1.21 bits per heavy atom. The Bertz CT molecular complexity index is 1230. The first kappa shape index (κ1) is 17.5. The number of nitrogens with zero attached hydrogens (tertiary/aromatic N) is 2. The fourth-order valence-electron chi connectivity index (χ4n) is 3.94. The average Bonchev–Trinajstić information content (AvgIpc) is 3.24. The fraction of sp³-hybridized carbons (Fsp3) is 0.182. The van der Waals surface area contributed by atoms with Crippen LogP contribution in [0.2, 0.25) is 5.02 Å². The molecule has 0 fully saturated rings. The number of aromatic nitrogens is 2. The number of thiophene rings is 1. The van der Waals surface area contributed by atoms with E-state index in [1.54, 1.807) is 0 Å². The van der Waals surface area contributed by atoms with Gasteiger partial charge in [-0.05, 0) is 42.7 Å². The van der Waals surface area contributed by atoms with Gasteiger partial charge in [0.2, 0.25) is 0 Å².